The summed E-state index contributed by atoms with van der Waals surface area (Å²) >= 11 is 0. The van der Waals surface area contributed by atoms with Gasteiger partial charge in [-0.2, -0.15) is 0 Å². The molecule has 2 aromatic heterocycles. The smallest absolute Gasteiger partial charge is 0.0783 e. The Balaban J connectivity index is 2.28. The minimum Gasteiger partial charge on any atom is -0.256 e. The number of hydrogen-bond acceptors (Lipinski definition) is 2. The standard InChI is InChI=1S/C18H14N2/c1-11-7-9-19-17-13(11)3-5-16-15(17)6-4-14-12(2)8-10-20-18(14)16/h3-10H,1-2H3. The average Bonchev–Trinajstić information content (AvgIpc) is 2.47. The number of rotatable bonds is 0. The van der Waals surface area contributed by atoms with E-state index in [4.69, 9.17) is 0 Å². The maximum atomic E-state index is 4.57. The molecular weight excluding hydrogens is 244 g/mol. The van der Waals surface area contributed by atoms with Crippen LogP contribution in [0.2, 0.25) is 0 Å². The van der Waals surface area contributed by atoms with Crippen LogP contribution in [0.25, 0.3) is 32.6 Å². The van der Waals surface area contributed by atoms with Crippen LogP contribution in [0.5, 0.6) is 0 Å². The zero-order chi connectivity index (χ0) is 13.7. The molecule has 20 heavy (non-hydrogen) atoms. The summed E-state index contributed by atoms with van der Waals surface area (Å²) < 4.78 is 0. The van der Waals surface area contributed by atoms with E-state index in [0.29, 0.717) is 0 Å². The summed E-state index contributed by atoms with van der Waals surface area (Å²) in [4.78, 5) is 9.14. The lowest BCUT2D eigenvalue weighted by molar-refractivity contribution is 1.37. The van der Waals surface area contributed by atoms with E-state index in [1.165, 1.54) is 32.7 Å². The highest BCUT2D eigenvalue weighted by molar-refractivity contribution is 6.15. The Kier molecular flexibility index (Phi) is 2.27. The molecule has 0 unspecified atom stereocenters. The van der Waals surface area contributed by atoms with Gasteiger partial charge in [0.15, 0.2) is 0 Å². The number of aromatic nitrogens is 2. The van der Waals surface area contributed by atoms with E-state index in [-0.39, 0.29) is 0 Å². The van der Waals surface area contributed by atoms with Crippen LogP contribution in [0.15, 0.2) is 48.8 Å². The molecule has 4 aromatic rings. The summed E-state index contributed by atoms with van der Waals surface area (Å²) in [5.41, 5.74) is 4.64. The number of aryl methyl sites for hydroxylation is 2. The van der Waals surface area contributed by atoms with Crippen molar-refractivity contribution in [2.24, 2.45) is 0 Å². The highest BCUT2D eigenvalue weighted by Gasteiger charge is 2.08. The van der Waals surface area contributed by atoms with Crippen molar-refractivity contribution < 1.29 is 0 Å². The predicted molar refractivity (Wildman–Crippen MR) is 84.0 cm³/mol. The third-order valence-electron chi connectivity index (χ3n) is 4.05. The molecule has 96 valence electrons. The first-order valence-corrected chi connectivity index (χ1v) is 6.78. The molecule has 2 heterocycles. The molecule has 2 nitrogen and oxygen atoms in total. The Hall–Kier alpha value is -2.48. The molecule has 4 rings (SSSR count). The van der Waals surface area contributed by atoms with Gasteiger partial charge in [0.25, 0.3) is 0 Å². The van der Waals surface area contributed by atoms with Gasteiger partial charge >= 0.3 is 0 Å². The molecule has 0 aliphatic rings. The summed E-state index contributed by atoms with van der Waals surface area (Å²) in [6.45, 7) is 4.25. The van der Waals surface area contributed by atoms with Crippen molar-refractivity contribution >= 4 is 32.6 Å². The van der Waals surface area contributed by atoms with Crippen molar-refractivity contribution in [3.05, 3.63) is 59.9 Å². The van der Waals surface area contributed by atoms with Gasteiger partial charge in [-0.1, -0.05) is 24.3 Å². The zero-order valence-corrected chi connectivity index (χ0v) is 11.5. The molecule has 0 saturated carbocycles. The van der Waals surface area contributed by atoms with Crippen LogP contribution < -0.4 is 0 Å². The molecule has 2 aromatic carbocycles. The molecule has 0 atom stereocenters. The first-order valence-electron chi connectivity index (χ1n) is 6.78. The molecule has 0 bridgehead atoms. The molecule has 0 fully saturated rings. The van der Waals surface area contributed by atoms with Crippen LogP contribution in [0.1, 0.15) is 11.1 Å². The number of pyridine rings is 2. The van der Waals surface area contributed by atoms with Gasteiger partial charge in [-0.3, -0.25) is 9.97 Å². The molecule has 0 saturated heterocycles. The van der Waals surface area contributed by atoms with Gasteiger partial charge in [0.1, 0.15) is 0 Å². The normalized spacial score (nSPS) is 11.5. The summed E-state index contributed by atoms with van der Waals surface area (Å²) in [6, 6.07) is 12.8. The van der Waals surface area contributed by atoms with Gasteiger partial charge in [-0.15, -0.1) is 0 Å². The highest BCUT2D eigenvalue weighted by Crippen LogP contribution is 2.31. The third kappa shape index (κ3) is 1.45. The Morgan fingerprint density at radius 1 is 0.550 bits per heavy atom. The van der Waals surface area contributed by atoms with Crippen molar-refractivity contribution in [3.63, 3.8) is 0 Å². The molecule has 0 spiro atoms. The fourth-order valence-electron chi connectivity index (χ4n) is 2.92. The van der Waals surface area contributed by atoms with Gasteiger partial charge in [-0.05, 0) is 37.1 Å². The van der Waals surface area contributed by atoms with Crippen LogP contribution in [0.3, 0.4) is 0 Å². The second kappa shape index (κ2) is 4.01. The van der Waals surface area contributed by atoms with Crippen molar-refractivity contribution in [2.75, 3.05) is 0 Å². The van der Waals surface area contributed by atoms with Crippen LogP contribution >= 0.6 is 0 Å². The third-order valence-corrected chi connectivity index (χ3v) is 4.05. The van der Waals surface area contributed by atoms with Gasteiger partial charge in [0.05, 0.1) is 11.0 Å². The summed E-state index contributed by atoms with van der Waals surface area (Å²) in [5, 5.41) is 4.78. The van der Waals surface area contributed by atoms with Crippen molar-refractivity contribution in [1.29, 1.82) is 0 Å². The van der Waals surface area contributed by atoms with Gasteiger partial charge in [-0.25, -0.2) is 0 Å². The first kappa shape index (κ1) is 11.4. The fourth-order valence-corrected chi connectivity index (χ4v) is 2.92. The van der Waals surface area contributed by atoms with Gasteiger partial charge in [0.2, 0.25) is 0 Å². The van der Waals surface area contributed by atoms with Crippen molar-refractivity contribution in [3.8, 4) is 0 Å². The number of fused-ring (bicyclic) bond motifs is 5. The van der Waals surface area contributed by atoms with Crippen molar-refractivity contribution in [1.82, 2.24) is 9.97 Å². The summed E-state index contributed by atoms with van der Waals surface area (Å²) in [7, 11) is 0. The SMILES string of the molecule is Cc1ccnc2c1ccc1c2ccc2c(C)ccnc21. The minimum atomic E-state index is 1.06. The van der Waals surface area contributed by atoms with E-state index in [9.17, 15) is 0 Å². The van der Waals surface area contributed by atoms with E-state index >= 15 is 0 Å². The lowest BCUT2D eigenvalue weighted by Gasteiger charge is -2.08. The Labute approximate surface area is 117 Å². The lowest BCUT2D eigenvalue weighted by atomic mass is 9.99. The topological polar surface area (TPSA) is 25.8 Å². The lowest BCUT2D eigenvalue weighted by Crippen LogP contribution is -1.88. The second-order valence-corrected chi connectivity index (χ2v) is 5.27. The largest absolute Gasteiger partial charge is 0.256 e. The molecule has 0 aliphatic heterocycles. The van der Waals surface area contributed by atoms with E-state index in [1.54, 1.807) is 0 Å². The first-order chi connectivity index (χ1) is 9.75. The van der Waals surface area contributed by atoms with E-state index in [2.05, 4.69) is 60.2 Å². The molecule has 0 aliphatic carbocycles. The van der Waals surface area contributed by atoms with Crippen LogP contribution in [-0.2, 0) is 0 Å². The van der Waals surface area contributed by atoms with Crippen LogP contribution in [-0.4, -0.2) is 9.97 Å². The van der Waals surface area contributed by atoms with Gasteiger partial charge in [0, 0.05) is 33.9 Å². The predicted octanol–water partition coefficient (Wildman–Crippen LogP) is 4.55. The minimum absolute atomic E-state index is 1.06. The number of nitrogens with zero attached hydrogens (tertiary/aromatic N) is 2. The summed E-state index contributed by atoms with van der Waals surface area (Å²) in [5.74, 6) is 0. The van der Waals surface area contributed by atoms with E-state index in [1.807, 2.05) is 12.4 Å². The molecule has 0 radical (unpaired) electrons. The molecular formula is C18H14N2. The molecule has 2 heteroatoms. The fraction of sp³-hybridized carbons (Fsp3) is 0.111. The average molecular weight is 258 g/mol. The monoisotopic (exact) mass is 258 g/mol. The van der Waals surface area contributed by atoms with Crippen molar-refractivity contribution in [2.45, 2.75) is 13.8 Å². The summed E-state index contributed by atoms with van der Waals surface area (Å²) in [6.07, 6.45) is 3.76. The molecule has 0 N–H and O–H groups in total. The second-order valence-electron chi connectivity index (χ2n) is 5.27. The Morgan fingerprint density at radius 2 is 0.950 bits per heavy atom. The quantitative estimate of drug-likeness (QED) is 0.432. The highest BCUT2D eigenvalue weighted by atomic mass is 14.7. The Morgan fingerprint density at radius 3 is 1.40 bits per heavy atom. The number of benzene rings is 2. The van der Waals surface area contributed by atoms with Crippen LogP contribution in [0, 0.1) is 13.8 Å². The van der Waals surface area contributed by atoms with Crippen LogP contribution in [0.4, 0.5) is 0 Å². The van der Waals surface area contributed by atoms with E-state index < -0.39 is 0 Å². The maximum absolute atomic E-state index is 4.57. The maximum Gasteiger partial charge on any atom is 0.0783 e. The zero-order valence-electron chi connectivity index (χ0n) is 11.5. The Bertz CT molecular complexity index is 890. The van der Waals surface area contributed by atoms with Gasteiger partial charge < -0.3 is 0 Å². The van der Waals surface area contributed by atoms with E-state index in [0.717, 1.165) is 11.0 Å². The molecule has 0 amide bonds. The number of hydrogen-bond donors (Lipinski definition) is 0.